The SMILES string of the molecule is CSC1CCN(C(CN)c2cc(Br)c(Br)o2)CC1. The Bertz CT molecular complexity index is 372. The van der Waals surface area contributed by atoms with Crippen LogP contribution in [0.4, 0.5) is 0 Å². The summed E-state index contributed by atoms with van der Waals surface area (Å²) in [6.45, 7) is 2.79. The molecular formula is C12H18Br2N2OS. The number of nitrogens with zero attached hydrogens (tertiary/aromatic N) is 1. The molecule has 0 saturated carbocycles. The van der Waals surface area contributed by atoms with Gasteiger partial charge in [-0.05, 0) is 70.1 Å². The minimum absolute atomic E-state index is 0.190. The second kappa shape index (κ2) is 6.79. The van der Waals surface area contributed by atoms with E-state index in [2.05, 4.69) is 43.0 Å². The highest BCUT2D eigenvalue weighted by atomic mass is 79.9. The van der Waals surface area contributed by atoms with Gasteiger partial charge in [-0.15, -0.1) is 0 Å². The average Bonchev–Trinajstić information content (AvgIpc) is 2.71. The summed E-state index contributed by atoms with van der Waals surface area (Å²) < 4.78 is 7.42. The fourth-order valence-electron chi connectivity index (χ4n) is 2.40. The number of rotatable bonds is 4. The van der Waals surface area contributed by atoms with E-state index in [4.69, 9.17) is 10.2 Å². The highest BCUT2D eigenvalue weighted by Crippen LogP contribution is 2.33. The topological polar surface area (TPSA) is 42.4 Å². The molecule has 102 valence electrons. The maximum Gasteiger partial charge on any atom is 0.183 e. The van der Waals surface area contributed by atoms with E-state index in [-0.39, 0.29) is 6.04 Å². The predicted molar refractivity (Wildman–Crippen MR) is 84.0 cm³/mol. The van der Waals surface area contributed by atoms with E-state index >= 15 is 0 Å². The molecule has 0 radical (unpaired) electrons. The van der Waals surface area contributed by atoms with Gasteiger partial charge in [-0.2, -0.15) is 11.8 Å². The van der Waals surface area contributed by atoms with Crippen LogP contribution in [-0.4, -0.2) is 36.0 Å². The van der Waals surface area contributed by atoms with Gasteiger partial charge in [-0.25, -0.2) is 0 Å². The Morgan fingerprint density at radius 3 is 2.61 bits per heavy atom. The third-order valence-electron chi connectivity index (χ3n) is 3.47. The zero-order valence-corrected chi connectivity index (χ0v) is 14.4. The number of hydrogen-bond donors (Lipinski definition) is 1. The zero-order chi connectivity index (χ0) is 13.1. The van der Waals surface area contributed by atoms with Crippen LogP contribution in [0.5, 0.6) is 0 Å². The van der Waals surface area contributed by atoms with E-state index < -0.39 is 0 Å². The van der Waals surface area contributed by atoms with E-state index in [1.165, 1.54) is 12.8 Å². The summed E-state index contributed by atoms with van der Waals surface area (Å²) in [5.74, 6) is 0.943. The molecule has 6 heteroatoms. The second-order valence-electron chi connectivity index (χ2n) is 4.49. The molecule has 0 spiro atoms. The molecule has 2 N–H and O–H groups in total. The Labute approximate surface area is 129 Å². The molecule has 1 aliphatic rings. The van der Waals surface area contributed by atoms with E-state index in [0.29, 0.717) is 6.54 Å². The van der Waals surface area contributed by atoms with E-state index in [1.54, 1.807) is 0 Å². The lowest BCUT2D eigenvalue weighted by Crippen LogP contribution is -2.40. The van der Waals surface area contributed by atoms with Crippen LogP contribution in [-0.2, 0) is 0 Å². The van der Waals surface area contributed by atoms with Gasteiger partial charge in [0.05, 0.1) is 10.5 Å². The zero-order valence-electron chi connectivity index (χ0n) is 10.4. The summed E-state index contributed by atoms with van der Waals surface area (Å²) in [5, 5.41) is 0.801. The highest BCUT2D eigenvalue weighted by Gasteiger charge is 2.27. The van der Waals surface area contributed by atoms with Crippen LogP contribution in [0.15, 0.2) is 19.6 Å². The molecule has 1 fully saturated rings. The van der Waals surface area contributed by atoms with Crippen molar-refractivity contribution in [1.29, 1.82) is 0 Å². The van der Waals surface area contributed by atoms with Crippen LogP contribution in [0, 0.1) is 0 Å². The van der Waals surface area contributed by atoms with Gasteiger partial charge in [0.15, 0.2) is 4.67 Å². The number of piperidine rings is 1. The molecule has 1 aromatic rings. The molecule has 1 unspecified atom stereocenters. The Morgan fingerprint density at radius 1 is 1.50 bits per heavy atom. The second-order valence-corrected chi connectivity index (χ2v) is 7.21. The molecule has 2 heterocycles. The summed E-state index contributed by atoms with van der Waals surface area (Å²) in [5.41, 5.74) is 5.92. The van der Waals surface area contributed by atoms with E-state index in [0.717, 1.165) is 33.2 Å². The Kier molecular flexibility index (Phi) is 5.63. The summed E-state index contributed by atoms with van der Waals surface area (Å²) in [4.78, 5) is 2.43. The first-order valence-electron chi connectivity index (χ1n) is 6.07. The lowest BCUT2D eigenvalue weighted by Gasteiger charge is -2.35. The van der Waals surface area contributed by atoms with Crippen LogP contribution in [0.1, 0.15) is 24.6 Å². The monoisotopic (exact) mass is 396 g/mol. The first kappa shape index (κ1) is 14.9. The molecule has 0 bridgehead atoms. The number of furan rings is 1. The van der Waals surface area contributed by atoms with Gasteiger partial charge >= 0.3 is 0 Å². The van der Waals surface area contributed by atoms with Crippen molar-refractivity contribution in [1.82, 2.24) is 4.90 Å². The van der Waals surface area contributed by atoms with Crippen LogP contribution >= 0.6 is 43.6 Å². The summed E-state index contributed by atoms with van der Waals surface area (Å²) in [7, 11) is 0. The molecule has 1 aliphatic heterocycles. The Balaban J connectivity index is 2.05. The quantitative estimate of drug-likeness (QED) is 0.842. The number of hydrogen-bond acceptors (Lipinski definition) is 4. The smallest absolute Gasteiger partial charge is 0.183 e. The number of halogens is 2. The summed E-state index contributed by atoms with van der Waals surface area (Å²) in [6, 6.07) is 2.21. The largest absolute Gasteiger partial charge is 0.451 e. The molecule has 1 atom stereocenters. The van der Waals surface area contributed by atoms with Crippen LogP contribution < -0.4 is 5.73 Å². The first-order valence-corrected chi connectivity index (χ1v) is 8.94. The molecule has 0 aliphatic carbocycles. The third kappa shape index (κ3) is 3.33. The Morgan fingerprint density at radius 2 is 2.17 bits per heavy atom. The fourth-order valence-corrected chi connectivity index (χ4v) is 3.69. The van der Waals surface area contributed by atoms with E-state index in [9.17, 15) is 0 Å². The predicted octanol–water partition coefficient (Wildman–Crippen LogP) is 3.63. The van der Waals surface area contributed by atoms with Crippen LogP contribution in [0.25, 0.3) is 0 Å². The van der Waals surface area contributed by atoms with Crippen molar-refractivity contribution in [2.45, 2.75) is 24.1 Å². The number of thioether (sulfide) groups is 1. The van der Waals surface area contributed by atoms with Crippen LogP contribution in [0.3, 0.4) is 0 Å². The van der Waals surface area contributed by atoms with Gasteiger partial charge in [-0.3, -0.25) is 4.90 Å². The maximum absolute atomic E-state index is 5.92. The molecule has 0 aromatic carbocycles. The molecule has 0 amide bonds. The molecule has 2 rings (SSSR count). The minimum atomic E-state index is 0.190. The van der Waals surface area contributed by atoms with E-state index in [1.807, 2.05) is 17.8 Å². The lowest BCUT2D eigenvalue weighted by atomic mass is 10.1. The standard InChI is InChI=1S/C12H18Br2N2OS/c1-18-8-2-4-16(5-3-8)10(7-15)11-6-9(13)12(14)17-11/h6,8,10H,2-5,7,15H2,1H3. The van der Waals surface area contributed by atoms with Crippen molar-refractivity contribution in [3.8, 4) is 0 Å². The normalized spacial score (nSPS) is 20.2. The number of nitrogens with two attached hydrogens (primary N) is 1. The van der Waals surface area contributed by atoms with Crippen LogP contribution in [0.2, 0.25) is 0 Å². The lowest BCUT2D eigenvalue weighted by molar-refractivity contribution is 0.151. The highest BCUT2D eigenvalue weighted by molar-refractivity contribution is 9.13. The van der Waals surface area contributed by atoms with Crippen molar-refractivity contribution in [3.63, 3.8) is 0 Å². The Hall–Kier alpha value is 0.510. The summed E-state index contributed by atoms with van der Waals surface area (Å²) >= 11 is 8.81. The third-order valence-corrected chi connectivity index (χ3v) is 6.31. The van der Waals surface area contributed by atoms with Crippen molar-refractivity contribution >= 4 is 43.6 Å². The van der Waals surface area contributed by atoms with Gasteiger partial charge in [0.25, 0.3) is 0 Å². The first-order chi connectivity index (χ1) is 8.65. The minimum Gasteiger partial charge on any atom is -0.451 e. The molecule has 1 saturated heterocycles. The van der Waals surface area contributed by atoms with Crippen molar-refractivity contribution in [2.75, 3.05) is 25.9 Å². The summed E-state index contributed by atoms with van der Waals surface area (Å²) in [6.07, 6.45) is 4.67. The molecular weight excluding hydrogens is 380 g/mol. The van der Waals surface area contributed by atoms with Crippen molar-refractivity contribution in [3.05, 3.63) is 21.0 Å². The molecule has 3 nitrogen and oxygen atoms in total. The van der Waals surface area contributed by atoms with Gasteiger partial charge in [-0.1, -0.05) is 0 Å². The van der Waals surface area contributed by atoms with Crippen molar-refractivity contribution in [2.24, 2.45) is 5.73 Å². The van der Waals surface area contributed by atoms with Crippen molar-refractivity contribution < 1.29 is 4.42 Å². The van der Waals surface area contributed by atoms with Gasteiger partial charge in [0.1, 0.15) is 5.76 Å². The molecule has 1 aromatic heterocycles. The number of likely N-dealkylation sites (tertiary alicyclic amines) is 1. The van der Waals surface area contributed by atoms with Gasteiger partial charge < -0.3 is 10.2 Å². The van der Waals surface area contributed by atoms with Gasteiger partial charge in [0, 0.05) is 11.8 Å². The maximum atomic E-state index is 5.92. The fraction of sp³-hybridized carbons (Fsp3) is 0.667. The van der Waals surface area contributed by atoms with Gasteiger partial charge in [0.2, 0.25) is 0 Å². The molecule has 18 heavy (non-hydrogen) atoms. The average molecular weight is 398 g/mol.